The summed E-state index contributed by atoms with van der Waals surface area (Å²) in [5.41, 5.74) is 0. The highest BCUT2D eigenvalue weighted by molar-refractivity contribution is 8.14. The van der Waals surface area contributed by atoms with Crippen LogP contribution in [0.15, 0.2) is 4.99 Å². The number of alkyl halides is 2. The summed E-state index contributed by atoms with van der Waals surface area (Å²) in [4.78, 5) is 15.5. The first-order valence-corrected chi connectivity index (χ1v) is 4.32. The molecule has 1 aliphatic rings. The number of amides is 1. The SMILES string of the molecule is CN(CC(F)F)C1=NC(=O)CS1. The summed E-state index contributed by atoms with van der Waals surface area (Å²) >= 11 is 1.19. The number of thioether (sulfide) groups is 1. The highest BCUT2D eigenvalue weighted by atomic mass is 32.2. The van der Waals surface area contributed by atoms with Crippen molar-refractivity contribution < 1.29 is 13.6 Å². The summed E-state index contributed by atoms with van der Waals surface area (Å²) in [7, 11) is 1.50. The number of amidine groups is 1. The van der Waals surface area contributed by atoms with Crippen molar-refractivity contribution in [1.29, 1.82) is 0 Å². The van der Waals surface area contributed by atoms with Gasteiger partial charge in [-0.1, -0.05) is 11.8 Å². The van der Waals surface area contributed by atoms with Crippen molar-refractivity contribution in [3.8, 4) is 0 Å². The molecule has 1 rings (SSSR count). The van der Waals surface area contributed by atoms with E-state index in [0.29, 0.717) is 5.17 Å². The third kappa shape index (κ3) is 2.44. The van der Waals surface area contributed by atoms with Gasteiger partial charge in [-0.3, -0.25) is 4.79 Å². The minimum absolute atomic E-state index is 0.254. The highest BCUT2D eigenvalue weighted by Crippen LogP contribution is 2.15. The molecule has 12 heavy (non-hydrogen) atoms. The maximum absolute atomic E-state index is 11.8. The van der Waals surface area contributed by atoms with Gasteiger partial charge in [0.15, 0.2) is 5.17 Å². The Bertz CT molecular complexity index is 220. The van der Waals surface area contributed by atoms with Gasteiger partial charge in [-0.05, 0) is 0 Å². The quantitative estimate of drug-likeness (QED) is 0.652. The molecule has 0 spiro atoms. The van der Waals surface area contributed by atoms with Gasteiger partial charge in [0, 0.05) is 7.05 Å². The third-order valence-electron chi connectivity index (χ3n) is 1.28. The highest BCUT2D eigenvalue weighted by Gasteiger charge is 2.20. The number of halogens is 2. The molecular weight excluding hydrogens is 186 g/mol. The summed E-state index contributed by atoms with van der Waals surface area (Å²) in [5, 5.41) is 0.389. The molecular formula is C6H8F2N2OS. The van der Waals surface area contributed by atoms with Crippen molar-refractivity contribution in [3.05, 3.63) is 0 Å². The summed E-state index contributed by atoms with van der Waals surface area (Å²) in [6, 6.07) is 0. The number of carbonyl (C=O) groups excluding carboxylic acids is 1. The lowest BCUT2D eigenvalue weighted by Gasteiger charge is -2.16. The van der Waals surface area contributed by atoms with Crippen LogP contribution in [0.4, 0.5) is 8.78 Å². The Balaban J connectivity index is 2.47. The molecule has 0 unspecified atom stereocenters. The summed E-state index contributed by atoms with van der Waals surface area (Å²) < 4.78 is 23.7. The normalized spacial score (nSPS) is 17.0. The lowest BCUT2D eigenvalue weighted by atomic mass is 10.6. The van der Waals surface area contributed by atoms with Gasteiger partial charge in [0.05, 0.1) is 12.3 Å². The molecule has 6 heteroatoms. The molecule has 1 amide bonds. The maximum atomic E-state index is 11.8. The topological polar surface area (TPSA) is 32.7 Å². The Labute approximate surface area is 72.8 Å². The zero-order valence-electron chi connectivity index (χ0n) is 6.46. The molecule has 0 atom stereocenters. The molecule has 0 saturated carbocycles. The lowest BCUT2D eigenvalue weighted by Crippen LogP contribution is -2.28. The Morgan fingerprint density at radius 2 is 2.42 bits per heavy atom. The largest absolute Gasteiger partial charge is 0.348 e. The van der Waals surface area contributed by atoms with Crippen LogP contribution < -0.4 is 0 Å². The van der Waals surface area contributed by atoms with Crippen molar-refractivity contribution in [2.75, 3.05) is 19.3 Å². The summed E-state index contributed by atoms with van der Waals surface area (Å²) in [6.45, 7) is -0.376. The molecule has 1 heterocycles. The second-order valence-corrected chi connectivity index (χ2v) is 3.29. The van der Waals surface area contributed by atoms with Crippen LogP contribution in [0, 0.1) is 0 Å². The molecule has 1 aliphatic heterocycles. The van der Waals surface area contributed by atoms with E-state index in [1.165, 1.54) is 23.7 Å². The monoisotopic (exact) mass is 194 g/mol. The van der Waals surface area contributed by atoms with E-state index in [0.717, 1.165) is 0 Å². The predicted molar refractivity (Wildman–Crippen MR) is 43.5 cm³/mol. The van der Waals surface area contributed by atoms with Crippen molar-refractivity contribution in [1.82, 2.24) is 4.90 Å². The first kappa shape index (κ1) is 9.44. The molecule has 0 fully saturated rings. The van der Waals surface area contributed by atoms with Gasteiger partial charge >= 0.3 is 0 Å². The second-order valence-electron chi connectivity index (χ2n) is 2.35. The van der Waals surface area contributed by atoms with E-state index < -0.39 is 6.43 Å². The zero-order chi connectivity index (χ0) is 9.14. The predicted octanol–water partition coefficient (Wildman–Crippen LogP) is 0.813. The van der Waals surface area contributed by atoms with Gasteiger partial charge in [-0.25, -0.2) is 8.78 Å². The third-order valence-corrected chi connectivity index (χ3v) is 2.34. The molecule has 0 aromatic heterocycles. The molecule has 0 aromatic rings. The Kier molecular flexibility index (Phi) is 3.02. The van der Waals surface area contributed by atoms with Crippen LogP contribution in [-0.2, 0) is 4.79 Å². The fourth-order valence-electron chi connectivity index (χ4n) is 0.778. The van der Waals surface area contributed by atoms with Crippen LogP contribution in [0.5, 0.6) is 0 Å². The molecule has 0 saturated heterocycles. The van der Waals surface area contributed by atoms with Gasteiger partial charge in [-0.2, -0.15) is 4.99 Å². The van der Waals surface area contributed by atoms with Crippen molar-refractivity contribution in [2.45, 2.75) is 6.43 Å². The molecule has 3 nitrogen and oxygen atoms in total. The van der Waals surface area contributed by atoms with Gasteiger partial charge in [0.25, 0.3) is 12.3 Å². The van der Waals surface area contributed by atoms with E-state index in [1.54, 1.807) is 0 Å². The first-order valence-electron chi connectivity index (χ1n) is 3.33. The molecule has 0 aromatic carbocycles. The Hall–Kier alpha value is -0.650. The van der Waals surface area contributed by atoms with Crippen LogP contribution in [0.3, 0.4) is 0 Å². The lowest BCUT2D eigenvalue weighted by molar-refractivity contribution is -0.115. The molecule has 0 aliphatic carbocycles. The van der Waals surface area contributed by atoms with Gasteiger partial charge in [-0.15, -0.1) is 0 Å². The van der Waals surface area contributed by atoms with Gasteiger partial charge in [0.2, 0.25) is 0 Å². The average Bonchev–Trinajstić information content (AvgIpc) is 2.34. The van der Waals surface area contributed by atoms with E-state index >= 15 is 0 Å². The van der Waals surface area contributed by atoms with Crippen LogP contribution >= 0.6 is 11.8 Å². The van der Waals surface area contributed by atoms with Crippen molar-refractivity contribution >= 4 is 22.8 Å². The minimum atomic E-state index is -2.39. The van der Waals surface area contributed by atoms with Gasteiger partial charge in [0.1, 0.15) is 0 Å². The standard InChI is InChI=1S/C6H8F2N2OS/c1-10(2-4(7)8)6-9-5(11)3-12-6/h4H,2-3H2,1H3. The Morgan fingerprint density at radius 3 is 2.83 bits per heavy atom. The number of aliphatic imine (C=N–C) groups is 1. The molecule has 68 valence electrons. The maximum Gasteiger partial charge on any atom is 0.258 e. The van der Waals surface area contributed by atoms with Crippen LogP contribution in [-0.4, -0.2) is 41.7 Å². The number of nitrogens with zero attached hydrogens (tertiary/aromatic N) is 2. The van der Waals surface area contributed by atoms with E-state index in [4.69, 9.17) is 0 Å². The van der Waals surface area contributed by atoms with Crippen LogP contribution in [0.2, 0.25) is 0 Å². The average molecular weight is 194 g/mol. The number of hydrogen-bond donors (Lipinski definition) is 0. The fourth-order valence-corrected chi connectivity index (χ4v) is 1.56. The smallest absolute Gasteiger partial charge is 0.258 e. The number of rotatable bonds is 2. The second kappa shape index (κ2) is 3.84. The van der Waals surface area contributed by atoms with E-state index in [2.05, 4.69) is 4.99 Å². The molecule has 0 bridgehead atoms. The van der Waals surface area contributed by atoms with E-state index in [-0.39, 0.29) is 18.2 Å². The van der Waals surface area contributed by atoms with E-state index in [9.17, 15) is 13.6 Å². The van der Waals surface area contributed by atoms with Crippen LogP contribution in [0.1, 0.15) is 0 Å². The summed E-state index contributed by atoms with van der Waals surface area (Å²) in [6.07, 6.45) is -2.39. The van der Waals surface area contributed by atoms with Crippen molar-refractivity contribution in [3.63, 3.8) is 0 Å². The molecule has 0 radical (unpaired) electrons. The number of hydrogen-bond acceptors (Lipinski definition) is 3. The fraction of sp³-hybridized carbons (Fsp3) is 0.667. The summed E-state index contributed by atoms with van der Waals surface area (Å²) in [5.74, 6) is 0.0132. The minimum Gasteiger partial charge on any atom is -0.348 e. The van der Waals surface area contributed by atoms with Crippen LogP contribution in [0.25, 0.3) is 0 Å². The molecule has 0 N–H and O–H groups in total. The van der Waals surface area contributed by atoms with E-state index in [1.807, 2.05) is 0 Å². The van der Waals surface area contributed by atoms with Gasteiger partial charge < -0.3 is 4.90 Å². The Morgan fingerprint density at radius 1 is 1.75 bits per heavy atom. The van der Waals surface area contributed by atoms with Crippen molar-refractivity contribution in [2.24, 2.45) is 4.99 Å². The first-order chi connectivity index (χ1) is 5.59. The number of carbonyl (C=O) groups is 1. The zero-order valence-corrected chi connectivity index (χ0v) is 7.27.